The molecule has 0 atom stereocenters. The van der Waals surface area contributed by atoms with E-state index in [4.69, 9.17) is 14.6 Å². The van der Waals surface area contributed by atoms with Gasteiger partial charge in [0, 0.05) is 18.6 Å². The lowest BCUT2D eigenvalue weighted by molar-refractivity contribution is 0.0587. The van der Waals surface area contributed by atoms with Crippen molar-refractivity contribution in [2.75, 3.05) is 19.1 Å². The number of carbonyl (C=O) groups excluding carboxylic acids is 2. The van der Waals surface area contributed by atoms with Crippen LogP contribution in [0.3, 0.4) is 0 Å². The van der Waals surface area contributed by atoms with Crippen molar-refractivity contribution in [3.8, 4) is 0 Å². The number of benzene rings is 1. The molecular weight excluding hydrogens is 358 g/mol. The summed E-state index contributed by atoms with van der Waals surface area (Å²) in [6, 6.07) is 3.88. The second-order valence-electron chi connectivity index (χ2n) is 8.36. The highest BCUT2D eigenvalue weighted by Crippen LogP contribution is 2.32. The molecule has 1 heterocycles. The predicted molar refractivity (Wildman–Crippen MR) is 108 cm³/mol. The largest absolute Gasteiger partial charge is 0.465 e. The molecule has 0 bridgehead atoms. The monoisotopic (exact) mass is 387 g/mol. The summed E-state index contributed by atoms with van der Waals surface area (Å²) in [6.45, 7) is 5.41. The van der Waals surface area contributed by atoms with E-state index in [0.717, 1.165) is 18.2 Å². The number of amides is 1. The van der Waals surface area contributed by atoms with Crippen LogP contribution < -0.4 is 4.90 Å². The molecule has 1 saturated carbocycles. The average Bonchev–Trinajstić information content (AvgIpc) is 3.08. The minimum Gasteiger partial charge on any atom is -0.465 e. The van der Waals surface area contributed by atoms with Gasteiger partial charge in [-0.05, 0) is 45.7 Å². The lowest BCUT2D eigenvalue weighted by Gasteiger charge is -2.25. The van der Waals surface area contributed by atoms with Gasteiger partial charge in [0.25, 0.3) is 0 Å². The third-order valence-electron chi connectivity index (χ3n) is 5.02. The van der Waals surface area contributed by atoms with E-state index in [1.807, 2.05) is 10.9 Å². The average molecular weight is 387 g/mol. The van der Waals surface area contributed by atoms with Crippen molar-refractivity contribution >= 4 is 28.7 Å². The van der Waals surface area contributed by atoms with Gasteiger partial charge in [0.15, 0.2) is 0 Å². The Hall–Kier alpha value is -2.57. The molecule has 0 aliphatic heterocycles. The molecule has 1 fully saturated rings. The standard InChI is InChI=1S/C21H29N3O4/c1-21(2,3)28-20(26)23(4)18-11-14-13-24(15-9-7-6-8-10-15)22-17(14)12-16(18)19(25)27-5/h11-13,15H,6-10H2,1-5H3. The highest BCUT2D eigenvalue weighted by Gasteiger charge is 2.26. The normalized spacial score (nSPS) is 15.5. The van der Waals surface area contributed by atoms with Gasteiger partial charge in [-0.2, -0.15) is 5.10 Å². The lowest BCUT2D eigenvalue weighted by Crippen LogP contribution is -2.35. The minimum absolute atomic E-state index is 0.289. The molecule has 1 aliphatic carbocycles. The van der Waals surface area contributed by atoms with Gasteiger partial charge in [0.05, 0.1) is 29.9 Å². The van der Waals surface area contributed by atoms with Crippen molar-refractivity contribution in [2.24, 2.45) is 0 Å². The molecule has 1 aromatic heterocycles. The van der Waals surface area contributed by atoms with Gasteiger partial charge in [0.1, 0.15) is 5.60 Å². The number of methoxy groups -OCH3 is 1. The van der Waals surface area contributed by atoms with Gasteiger partial charge >= 0.3 is 12.1 Å². The zero-order valence-corrected chi connectivity index (χ0v) is 17.3. The van der Waals surface area contributed by atoms with Gasteiger partial charge < -0.3 is 9.47 Å². The molecule has 0 saturated heterocycles. The minimum atomic E-state index is -0.632. The number of hydrogen-bond acceptors (Lipinski definition) is 5. The van der Waals surface area contributed by atoms with Gasteiger partial charge in [-0.1, -0.05) is 19.3 Å². The number of anilines is 1. The summed E-state index contributed by atoms with van der Waals surface area (Å²) in [5.41, 5.74) is 0.814. The zero-order chi connectivity index (χ0) is 20.5. The lowest BCUT2D eigenvalue weighted by atomic mass is 9.96. The predicted octanol–water partition coefficient (Wildman–Crippen LogP) is 4.70. The summed E-state index contributed by atoms with van der Waals surface area (Å²) in [6.07, 6.45) is 7.39. The van der Waals surface area contributed by atoms with Crippen molar-refractivity contribution in [1.29, 1.82) is 0 Å². The van der Waals surface area contributed by atoms with E-state index in [9.17, 15) is 9.59 Å². The topological polar surface area (TPSA) is 73.7 Å². The Balaban J connectivity index is 2.01. The molecule has 1 aliphatic rings. The summed E-state index contributed by atoms with van der Waals surface area (Å²) in [5.74, 6) is -0.514. The van der Waals surface area contributed by atoms with Crippen LogP contribution in [0.5, 0.6) is 0 Å². The van der Waals surface area contributed by atoms with Gasteiger partial charge in [-0.15, -0.1) is 0 Å². The van der Waals surface area contributed by atoms with Crippen LogP contribution in [0, 0.1) is 0 Å². The molecular formula is C21H29N3O4. The molecule has 2 aromatic rings. The maximum absolute atomic E-state index is 12.5. The van der Waals surface area contributed by atoms with E-state index in [2.05, 4.69) is 0 Å². The van der Waals surface area contributed by atoms with Crippen LogP contribution >= 0.6 is 0 Å². The van der Waals surface area contributed by atoms with E-state index in [1.54, 1.807) is 40.0 Å². The van der Waals surface area contributed by atoms with E-state index >= 15 is 0 Å². The Labute approximate surface area is 165 Å². The first-order chi connectivity index (χ1) is 13.2. The van der Waals surface area contributed by atoms with Crippen LogP contribution in [0.4, 0.5) is 10.5 Å². The van der Waals surface area contributed by atoms with Crippen LogP contribution in [0.2, 0.25) is 0 Å². The maximum atomic E-state index is 12.5. The van der Waals surface area contributed by atoms with Gasteiger partial charge in [0.2, 0.25) is 0 Å². The fourth-order valence-corrected chi connectivity index (χ4v) is 3.59. The number of aromatic nitrogens is 2. The van der Waals surface area contributed by atoms with E-state index in [-0.39, 0.29) is 5.56 Å². The first kappa shape index (κ1) is 20.2. The van der Waals surface area contributed by atoms with Crippen molar-refractivity contribution in [3.05, 3.63) is 23.9 Å². The molecule has 0 radical (unpaired) electrons. The molecule has 7 nitrogen and oxygen atoms in total. The van der Waals surface area contributed by atoms with Gasteiger partial charge in [-0.3, -0.25) is 9.58 Å². The Morgan fingerprint density at radius 1 is 1.18 bits per heavy atom. The SMILES string of the molecule is COC(=O)c1cc2nn(C3CCCCC3)cc2cc1N(C)C(=O)OC(C)(C)C. The first-order valence-corrected chi connectivity index (χ1v) is 9.77. The second-order valence-corrected chi connectivity index (χ2v) is 8.36. The summed E-state index contributed by atoms with van der Waals surface area (Å²) >= 11 is 0. The summed E-state index contributed by atoms with van der Waals surface area (Å²) < 4.78 is 12.4. The van der Waals surface area contributed by atoms with Crippen molar-refractivity contribution in [3.63, 3.8) is 0 Å². The molecule has 0 spiro atoms. The molecule has 1 amide bonds. The van der Waals surface area contributed by atoms with Gasteiger partial charge in [-0.25, -0.2) is 9.59 Å². The fraction of sp³-hybridized carbons (Fsp3) is 0.571. The van der Waals surface area contributed by atoms with Crippen LogP contribution in [-0.2, 0) is 9.47 Å². The van der Waals surface area contributed by atoms with Crippen molar-refractivity contribution in [1.82, 2.24) is 9.78 Å². The quantitative estimate of drug-likeness (QED) is 0.714. The fourth-order valence-electron chi connectivity index (χ4n) is 3.59. The van der Waals surface area contributed by atoms with Crippen molar-refractivity contribution < 1.29 is 19.1 Å². The highest BCUT2D eigenvalue weighted by molar-refractivity contribution is 6.04. The molecule has 152 valence electrons. The number of esters is 1. The molecule has 0 N–H and O–H groups in total. The number of hydrogen-bond donors (Lipinski definition) is 0. The zero-order valence-electron chi connectivity index (χ0n) is 17.3. The third kappa shape index (κ3) is 4.29. The Morgan fingerprint density at radius 2 is 1.86 bits per heavy atom. The third-order valence-corrected chi connectivity index (χ3v) is 5.02. The number of nitrogens with zero attached hydrogens (tertiary/aromatic N) is 3. The Kier molecular flexibility index (Phi) is 5.63. The number of fused-ring (bicyclic) bond motifs is 1. The summed E-state index contributed by atoms with van der Waals surface area (Å²) in [4.78, 5) is 26.2. The first-order valence-electron chi connectivity index (χ1n) is 9.77. The number of rotatable bonds is 3. The smallest absolute Gasteiger partial charge is 0.414 e. The number of carbonyl (C=O) groups is 2. The maximum Gasteiger partial charge on any atom is 0.414 e. The van der Waals surface area contributed by atoms with Crippen LogP contribution in [0.15, 0.2) is 18.3 Å². The van der Waals surface area contributed by atoms with Crippen LogP contribution in [0.1, 0.15) is 69.3 Å². The molecule has 3 rings (SSSR count). The van der Waals surface area contributed by atoms with E-state index in [0.29, 0.717) is 17.2 Å². The molecule has 7 heteroatoms. The Morgan fingerprint density at radius 3 is 2.46 bits per heavy atom. The molecule has 0 unspecified atom stereocenters. The second kappa shape index (κ2) is 7.81. The van der Waals surface area contributed by atoms with E-state index in [1.165, 1.54) is 31.3 Å². The Bertz CT molecular complexity index is 876. The molecule has 1 aromatic carbocycles. The van der Waals surface area contributed by atoms with Crippen LogP contribution in [0.25, 0.3) is 10.9 Å². The number of ether oxygens (including phenoxy) is 2. The summed E-state index contributed by atoms with van der Waals surface area (Å²) in [5, 5.41) is 5.57. The van der Waals surface area contributed by atoms with Crippen molar-refractivity contribution in [2.45, 2.75) is 64.5 Å². The molecule has 28 heavy (non-hydrogen) atoms. The highest BCUT2D eigenvalue weighted by atomic mass is 16.6. The van der Waals surface area contributed by atoms with Crippen LogP contribution in [-0.4, -0.2) is 41.6 Å². The summed E-state index contributed by atoms with van der Waals surface area (Å²) in [7, 11) is 2.91. The van der Waals surface area contributed by atoms with E-state index < -0.39 is 17.7 Å².